The van der Waals surface area contributed by atoms with Gasteiger partial charge in [0.25, 0.3) is 0 Å². The molecule has 0 unspecified atom stereocenters. The minimum atomic E-state index is -0.484. The number of amides is 1. The highest BCUT2D eigenvalue weighted by Crippen LogP contribution is 2.28. The van der Waals surface area contributed by atoms with Crippen molar-refractivity contribution in [2.45, 2.75) is 58.5 Å². The zero-order chi connectivity index (χ0) is 20.3. The van der Waals surface area contributed by atoms with Crippen molar-refractivity contribution in [3.8, 4) is 0 Å². The Hall–Kier alpha value is -2.64. The number of nitrogens with one attached hydrogen (secondary N) is 1. The van der Waals surface area contributed by atoms with E-state index in [-0.39, 0.29) is 24.4 Å². The number of ether oxygens (including phenoxy) is 2. The van der Waals surface area contributed by atoms with E-state index in [1.165, 1.54) is 0 Å². The number of hydrogen-bond acceptors (Lipinski definition) is 6. The zero-order valence-corrected chi connectivity index (χ0v) is 16.9. The Kier molecular flexibility index (Phi) is 5.86. The van der Waals surface area contributed by atoms with Gasteiger partial charge in [0.1, 0.15) is 23.4 Å². The smallest absolute Gasteiger partial charge is 0.410 e. The molecule has 28 heavy (non-hydrogen) atoms. The Bertz CT molecular complexity index is 847. The Labute approximate surface area is 164 Å². The van der Waals surface area contributed by atoms with Gasteiger partial charge in [-0.05, 0) is 52.7 Å². The Balaban J connectivity index is 1.63. The number of carbonyl (C=O) groups excluding carboxylic acids is 2. The number of aromatic amines is 1. The molecule has 0 atom stereocenters. The SMILES string of the molecule is CCOC(=O)Cc1nc2ccc(C3CCN(C(=O)OC(C)(C)C)CC3)nc2[nH]1. The largest absolute Gasteiger partial charge is 0.466 e. The maximum atomic E-state index is 12.2. The van der Waals surface area contributed by atoms with Crippen LogP contribution in [0.4, 0.5) is 4.79 Å². The van der Waals surface area contributed by atoms with Crippen LogP contribution in [-0.2, 0) is 20.7 Å². The molecule has 2 aromatic heterocycles. The van der Waals surface area contributed by atoms with Gasteiger partial charge < -0.3 is 19.4 Å². The van der Waals surface area contributed by atoms with Gasteiger partial charge in [0.2, 0.25) is 0 Å². The van der Waals surface area contributed by atoms with Crippen LogP contribution in [-0.4, -0.2) is 57.2 Å². The third-order valence-electron chi connectivity index (χ3n) is 4.60. The van der Waals surface area contributed by atoms with Crippen LogP contribution in [0.1, 0.15) is 58.0 Å². The van der Waals surface area contributed by atoms with Gasteiger partial charge >= 0.3 is 12.1 Å². The number of pyridine rings is 1. The van der Waals surface area contributed by atoms with Crippen LogP contribution in [0.25, 0.3) is 11.2 Å². The van der Waals surface area contributed by atoms with Crippen molar-refractivity contribution in [2.24, 2.45) is 0 Å². The normalized spacial score (nSPS) is 15.6. The van der Waals surface area contributed by atoms with Crippen LogP contribution in [0.15, 0.2) is 12.1 Å². The Morgan fingerprint density at radius 1 is 1.21 bits per heavy atom. The number of nitrogens with zero attached hydrogens (tertiary/aromatic N) is 3. The Morgan fingerprint density at radius 2 is 1.93 bits per heavy atom. The lowest BCUT2D eigenvalue weighted by molar-refractivity contribution is -0.142. The van der Waals surface area contributed by atoms with Gasteiger partial charge in [0.15, 0.2) is 5.65 Å². The second kappa shape index (κ2) is 8.16. The predicted molar refractivity (Wildman–Crippen MR) is 104 cm³/mol. The van der Waals surface area contributed by atoms with E-state index in [0.717, 1.165) is 24.1 Å². The van der Waals surface area contributed by atoms with E-state index in [2.05, 4.69) is 9.97 Å². The highest BCUT2D eigenvalue weighted by atomic mass is 16.6. The topological polar surface area (TPSA) is 97.4 Å². The summed E-state index contributed by atoms with van der Waals surface area (Å²) in [5.74, 6) is 0.522. The summed E-state index contributed by atoms with van der Waals surface area (Å²) in [6.07, 6.45) is 1.52. The molecular weight excluding hydrogens is 360 g/mol. The third kappa shape index (κ3) is 4.99. The quantitative estimate of drug-likeness (QED) is 0.808. The second-order valence-electron chi connectivity index (χ2n) is 8.01. The van der Waals surface area contributed by atoms with E-state index in [1.807, 2.05) is 32.9 Å². The highest BCUT2D eigenvalue weighted by Gasteiger charge is 2.28. The molecule has 1 aliphatic heterocycles. The van der Waals surface area contributed by atoms with Gasteiger partial charge in [0, 0.05) is 24.7 Å². The fraction of sp³-hybridized carbons (Fsp3) is 0.600. The summed E-state index contributed by atoms with van der Waals surface area (Å²) in [5.41, 5.74) is 1.89. The average Bonchev–Trinajstić information content (AvgIpc) is 3.01. The fourth-order valence-electron chi connectivity index (χ4n) is 3.30. The van der Waals surface area contributed by atoms with Crippen molar-refractivity contribution in [3.63, 3.8) is 0 Å². The molecular formula is C20H28N4O4. The van der Waals surface area contributed by atoms with Crippen molar-refractivity contribution < 1.29 is 19.1 Å². The lowest BCUT2D eigenvalue weighted by atomic mass is 9.93. The molecule has 8 heteroatoms. The molecule has 3 heterocycles. The fourth-order valence-corrected chi connectivity index (χ4v) is 3.30. The molecule has 152 valence electrons. The number of hydrogen-bond donors (Lipinski definition) is 1. The van der Waals surface area contributed by atoms with E-state index in [4.69, 9.17) is 14.5 Å². The highest BCUT2D eigenvalue weighted by molar-refractivity contribution is 5.75. The van der Waals surface area contributed by atoms with Gasteiger partial charge in [-0.3, -0.25) is 4.79 Å². The summed E-state index contributed by atoms with van der Waals surface area (Å²) < 4.78 is 10.4. The number of H-pyrrole nitrogens is 1. The summed E-state index contributed by atoms with van der Waals surface area (Å²) in [5, 5.41) is 0. The molecule has 0 aromatic carbocycles. The zero-order valence-electron chi connectivity index (χ0n) is 16.9. The van der Waals surface area contributed by atoms with Crippen LogP contribution in [0, 0.1) is 0 Å². The molecule has 8 nitrogen and oxygen atoms in total. The van der Waals surface area contributed by atoms with Crippen molar-refractivity contribution in [3.05, 3.63) is 23.7 Å². The number of fused-ring (bicyclic) bond motifs is 1. The molecule has 1 amide bonds. The predicted octanol–water partition coefficient (Wildman–Crippen LogP) is 3.18. The average molecular weight is 388 g/mol. The summed E-state index contributed by atoms with van der Waals surface area (Å²) in [6, 6.07) is 3.90. The summed E-state index contributed by atoms with van der Waals surface area (Å²) in [4.78, 5) is 37.8. The number of esters is 1. The molecule has 0 saturated carbocycles. The molecule has 3 rings (SSSR count). The minimum Gasteiger partial charge on any atom is -0.466 e. The Morgan fingerprint density at radius 3 is 2.57 bits per heavy atom. The molecule has 1 saturated heterocycles. The summed E-state index contributed by atoms with van der Waals surface area (Å²) >= 11 is 0. The lowest BCUT2D eigenvalue weighted by Gasteiger charge is -2.33. The first-order chi connectivity index (χ1) is 13.2. The van der Waals surface area contributed by atoms with Crippen molar-refractivity contribution in [2.75, 3.05) is 19.7 Å². The van der Waals surface area contributed by atoms with E-state index < -0.39 is 5.60 Å². The second-order valence-corrected chi connectivity index (χ2v) is 8.01. The first kappa shape index (κ1) is 20.1. The van der Waals surface area contributed by atoms with Gasteiger partial charge in [0.05, 0.1) is 6.61 Å². The maximum absolute atomic E-state index is 12.2. The first-order valence-corrected chi connectivity index (χ1v) is 9.74. The van der Waals surface area contributed by atoms with Gasteiger partial charge in [-0.2, -0.15) is 0 Å². The molecule has 0 radical (unpaired) electrons. The van der Waals surface area contributed by atoms with E-state index in [0.29, 0.717) is 31.2 Å². The van der Waals surface area contributed by atoms with Crippen LogP contribution >= 0.6 is 0 Å². The molecule has 0 bridgehead atoms. The number of rotatable bonds is 4. The van der Waals surface area contributed by atoms with Gasteiger partial charge in [-0.15, -0.1) is 0 Å². The molecule has 2 aromatic rings. The summed E-state index contributed by atoms with van der Waals surface area (Å²) in [6.45, 7) is 9.04. The van der Waals surface area contributed by atoms with Gasteiger partial charge in [-0.1, -0.05) is 0 Å². The van der Waals surface area contributed by atoms with Crippen LogP contribution < -0.4 is 0 Å². The number of imidazole rings is 1. The van der Waals surface area contributed by atoms with Crippen molar-refractivity contribution >= 4 is 23.2 Å². The monoisotopic (exact) mass is 388 g/mol. The van der Waals surface area contributed by atoms with Crippen LogP contribution in [0.2, 0.25) is 0 Å². The van der Waals surface area contributed by atoms with Crippen LogP contribution in [0.5, 0.6) is 0 Å². The minimum absolute atomic E-state index is 0.105. The molecule has 1 fully saturated rings. The number of piperidine rings is 1. The molecule has 0 aliphatic carbocycles. The lowest BCUT2D eigenvalue weighted by Crippen LogP contribution is -2.41. The van der Waals surface area contributed by atoms with Crippen molar-refractivity contribution in [1.29, 1.82) is 0 Å². The third-order valence-corrected chi connectivity index (χ3v) is 4.60. The van der Waals surface area contributed by atoms with Crippen molar-refractivity contribution in [1.82, 2.24) is 19.9 Å². The van der Waals surface area contributed by atoms with Crippen LogP contribution in [0.3, 0.4) is 0 Å². The maximum Gasteiger partial charge on any atom is 0.410 e. The molecule has 1 aliphatic rings. The number of likely N-dealkylation sites (tertiary alicyclic amines) is 1. The number of carbonyl (C=O) groups is 2. The first-order valence-electron chi connectivity index (χ1n) is 9.74. The summed E-state index contributed by atoms with van der Waals surface area (Å²) in [7, 11) is 0. The van der Waals surface area contributed by atoms with E-state index in [9.17, 15) is 9.59 Å². The standard InChI is InChI=1S/C20H28N4O4/c1-5-27-17(25)12-16-21-15-7-6-14(22-18(15)23-16)13-8-10-24(11-9-13)19(26)28-20(2,3)4/h6-7,13H,5,8-12H2,1-4H3,(H,21,22,23). The molecule has 1 N–H and O–H groups in total. The van der Waals surface area contributed by atoms with E-state index in [1.54, 1.807) is 11.8 Å². The van der Waals surface area contributed by atoms with E-state index >= 15 is 0 Å². The molecule has 0 spiro atoms. The van der Waals surface area contributed by atoms with Gasteiger partial charge in [-0.25, -0.2) is 14.8 Å². The number of aromatic nitrogens is 3.